The van der Waals surface area contributed by atoms with Crippen LogP contribution in [0.4, 0.5) is 11.5 Å². The third kappa shape index (κ3) is 3.01. The Bertz CT molecular complexity index is 1530. The molecule has 4 aromatic heterocycles. The van der Waals surface area contributed by atoms with E-state index in [4.69, 9.17) is 18.2 Å². The van der Waals surface area contributed by atoms with Crippen LogP contribution in [0.3, 0.4) is 0 Å². The van der Waals surface area contributed by atoms with Gasteiger partial charge in [-0.1, -0.05) is 29.8 Å². The number of rotatable bonds is 4. The normalized spacial score (nSPS) is 12.2. The van der Waals surface area contributed by atoms with Crippen LogP contribution >= 0.6 is 11.6 Å². The largest absolute Gasteiger partial charge is 0.362 e. The van der Waals surface area contributed by atoms with E-state index in [1.165, 1.54) is 16.9 Å². The van der Waals surface area contributed by atoms with Gasteiger partial charge < -0.3 is 10.3 Å². The van der Waals surface area contributed by atoms with Gasteiger partial charge in [-0.3, -0.25) is 4.57 Å². The van der Waals surface area contributed by atoms with Crippen molar-refractivity contribution in [2.75, 3.05) is 5.32 Å². The van der Waals surface area contributed by atoms with Crippen molar-refractivity contribution in [3.63, 3.8) is 0 Å². The van der Waals surface area contributed by atoms with Crippen LogP contribution in [0.15, 0.2) is 59.9 Å². The number of fused-ring (bicyclic) bond motifs is 2. The first-order chi connectivity index (χ1) is 15.1. The Hall–Kier alpha value is -4.16. The minimum Gasteiger partial charge on any atom is -0.362 e. The lowest BCUT2D eigenvalue weighted by molar-refractivity contribution is 0.739. The fourth-order valence-electron chi connectivity index (χ4n) is 3.62. The van der Waals surface area contributed by atoms with Crippen molar-refractivity contribution in [3.8, 4) is 5.69 Å². The maximum Gasteiger partial charge on any atom is 0.339 e. The lowest BCUT2D eigenvalue weighted by Gasteiger charge is -2.21. The Kier molecular flexibility index (Phi) is 4.42. The molecule has 5 rings (SSSR count). The van der Waals surface area contributed by atoms with Crippen LogP contribution in [-0.2, 0) is 0 Å². The number of hydrogen-bond donors (Lipinski definition) is 2. The summed E-state index contributed by atoms with van der Waals surface area (Å²) in [6, 6.07) is 10.7. The highest BCUT2D eigenvalue weighted by molar-refractivity contribution is 6.29. The first-order valence-electron chi connectivity index (χ1n) is 9.39. The zero-order valence-electron chi connectivity index (χ0n) is 16.2. The molecule has 0 radical (unpaired) electrons. The summed E-state index contributed by atoms with van der Waals surface area (Å²) in [6.07, 6.45) is 4.47. The smallest absolute Gasteiger partial charge is 0.339 e. The summed E-state index contributed by atoms with van der Waals surface area (Å²) in [5, 5.41) is 4.17. The second-order valence-electron chi connectivity index (χ2n) is 6.89. The lowest BCUT2D eigenvalue weighted by Crippen LogP contribution is -2.30. The lowest BCUT2D eigenvalue weighted by atomic mass is 10.2. The number of aromatic nitrogens is 6. The van der Waals surface area contributed by atoms with Crippen molar-refractivity contribution >= 4 is 39.8 Å². The molecule has 0 saturated carbocycles. The van der Waals surface area contributed by atoms with Crippen LogP contribution in [0, 0.1) is 6.57 Å². The van der Waals surface area contributed by atoms with E-state index in [1.54, 1.807) is 10.8 Å². The molecule has 0 amide bonds. The number of halogens is 1. The molecule has 0 aliphatic heterocycles. The molecule has 9 nitrogen and oxygen atoms in total. The maximum absolute atomic E-state index is 13.4. The molecule has 31 heavy (non-hydrogen) atoms. The number of benzene rings is 1. The summed E-state index contributed by atoms with van der Waals surface area (Å²) >= 11 is 6.21. The SMILES string of the molecule is [C-]#[N+]c1c[nH]c2ncnc(NC(C)c3cc4ncc(Cl)n4c(=O)n3-c3ccccc3)c12. The number of hydrogen-bond acceptors (Lipinski definition) is 5. The van der Waals surface area contributed by atoms with Crippen LogP contribution in [0.25, 0.3) is 27.2 Å². The van der Waals surface area contributed by atoms with Crippen molar-refractivity contribution in [2.24, 2.45) is 0 Å². The number of nitrogens with zero attached hydrogens (tertiary/aromatic N) is 6. The molecule has 1 atom stereocenters. The number of anilines is 1. The summed E-state index contributed by atoms with van der Waals surface area (Å²) in [7, 11) is 0. The third-order valence-corrected chi connectivity index (χ3v) is 5.31. The molecule has 0 bridgehead atoms. The average Bonchev–Trinajstić information content (AvgIpc) is 3.38. The topological polar surface area (TPSA) is 97.3 Å². The maximum atomic E-state index is 13.4. The summed E-state index contributed by atoms with van der Waals surface area (Å²) < 4.78 is 2.94. The molecule has 152 valence electrons. The van der Waals surface area contributed by atoms with E-state index in [2.05, 4.69) is 30.1 Å². The number of H-pyrrole nitrogens is 1. The minimum absolute atomic E-state index is 0.239. The average molecular weight is 431 g/mol. The molecule has 10 heteroatoms. The van der Waals surface area contributed by atoms with Crippen molar-refractivity contribution in [3.05, 3.63) is 87.9 Å². The zero-order chi connectivity index (χ0) is 21.5. The highest BCUT2D eigenvalue weighted by Gasteiger charge is 2.20. The van der Waals surface area contributed by atoms with Gasteiger partial charge >= 0.3 is 5.69 Å². The van der Waals surface area contributed by atoms with Gasteiger partial charge in [0, 0.05) is 12.3 Å². The van der Waals surface area contributed by atoms with E-state index in [9.17, 15) is 4.79 Å². The predicted molar refractivity (Wildman–Crippen MR) is 118 cm³/mol. The van der Waals surface area contributed by atoms with Crippen LogP contribution in [0.5, 0.6) is 0 Å². The van der Waals surface area contributed by atoms with E-state index in [1.807, 2.05) is 43.3 Å². The van der Waals surface area contributed by atoms with Crippen molar-refractivity contribution in [2.45, 2.75) is 13.0 Å². The molecular weight excluding hydrogens is 416 g/mol. The Labute approximate surface area is 180 Å². The van der Waals surface area contributed by atoms with E-state index in [-0.39, 0.29) is 16.9 Å². The van der Waals surface area contributed by atoms with Crippen molar-refractivity contribution < 1.29 is 0 Å². The molecule has 1 unspecified atom stereocenters. The Morgan fingerprint density at radius 2 is 2.03 bits per heavy atom. The van der Waals surface area contributed by atoms with Crippen molar-refractivity contribution in [1.29, 1.82) is 0 Å². The van der Waals surface area contributed by atoms with Gasteiger partial charge in [0.15, 0.2) is 0 Å². The summed E-state index contributed by atoms with van der Waals surface area (Å²) in [6.45, 7) is 9.32. The molecule has 0 aliphatic carbocycles. The second-order valence-corrected chi connectivity index (χ2v) is 7.28. The first-order valence-corrected chi connectivity index (χ1v) is 9.76. The van der Waals surface area contributed by atoms with Gasteiger partial charge in [-0.25, -0.2) is 29.0 Å². The van der Waals surface area contributed by atoms with Gasteiger partial charge in [-0.15, -0.1) is 0 Å². The molecular formula is C21H15ClN8O. The van der Waals surface area contributed by atoms with Gasteiger partial charge in [0.05, 0.1) is 35.6 Å². The molecule has 4 heterocycles. The quantitative estimate of drug-likeness (QED) is 0.418. The minimum atomic E-state index is -0.361. The van der Waals surface area contributed by atoms with Gasteiger partial charge in [-0.05, 0) is 19.1 Å². The van der Waals surface area contributed by atoms with E-state index < -0.39 is 0 Å². The molecule has 2 N–H and O–H groups in total. The Morgan fingerprint density at radius 3 is 2.81 bits per heavy atom. The number of nitrogens with one attached hydrogen (secondary N) is 2. The highest BCUT2D eigenvalue weighted by atomic mass is 35.5. The van der Waals surface area contributed by atoms with Gasteiger partial charge in [-0.2, -0.15) is 0 Å². The van der Waals surface area contributed by atoms with Crippen LogP contribution in [0.2, 0.25) is 5.15 Å². The second kappa shape index (κ2) is 7.27. The van der Waals surface area contributed by atoms with Crippen LogP contribution in [-0.4, -0.2) is 28.9 Å². The summed E-state index contributed by atoms with van der Waals surface area (Å²) in [5.74, 6) is 0.498. The van der Waals surface area contributed by atoms with E-state index in [0.717, 1.165) is 0 Å². The Balaban J connectivity index is 1.69. The molecule has 5 aromatic rings. The predicted octanol–water partition coefficient (Wildman–Crippen LogP) is 4.13. The molecule has 0 saturated heterocycles. The molecule has 1 aromatic carbocycles. The van der Waals surface area contributed by atoms with Gasteiger partial charge in [0.2, 0.25) is 5.69 Å². The van der Waals surface area contributed by atoms with Crippen LogP contribution < -0.4 is 11.0 Å². The molecule has 0 spiro atoms. The number of aromatic amines is 1. The molecule has 0 fully saturated rings. The summed E-state index contributed by atoms with van der Waals surface area (Å²) in [4.78, 5) is 32.6. The summed E-state index contributed by atoms with van der Waals surface area (Å²) in [5.41, 5.74) is 2.46. The first kappa shape index (κ1) is 18.8. The van der Waals surface area contributed by atoms with Crippen molar-refractivity contribution in [1.82, 2.24) is 28.9 Å². The van der Waals surface area contributed by atoms with E-state index in [0.29, 0.717) is 39.6 Å². The fraction of sp³-hybridized carbons (Fsp3) is 0.0952. The zero-order valence-corrected chi connectivity index (χ0v) is 17.0. The van der Waals surface area contributed by atoms with Gasteiger partial charge in [0.25, 0.3) is 0 Å². The molecule has 0 aliphatic rings. The fourth-order valence-corrected chi connectivity index (χ4v) is 3.83. The third-order valence-electron chi connectivity index (χ3n) is 5.04. The number of para-hydroxylation sites is 1. The number of imidazole rings is 1. The van der Waals surface area contributed by atoms with Gasteiger partial charge in [0.1, 0.15) is 28.6 Å². The Morgan fingerprint density at radius 1 is 1.23 bits per heavy atom. The standard InChI is InChI=1S/C21H15ClN8O/c1-12(28-20-18-14(23-2)9-25-19(18)26-11-27-20)15-8-17-24-10-16(22)30(17)21(31)29(15)13-6-4-3-5-7-13/h3-12H,1H3,(H2,25,26,27,28). The monoisotopic (exact) mass is 430 g/mol. The van der Waals surface area contributed by atoms with E-state index >= 15 is 0 Å². The van der Waals surface area contributed by atoms with Crippen LogP contribution in [0.1, 0.15) is 18.7 Å². The highest BCUT2D eigenvalue weighted by Crippen LogP contribution is 2.32.